The molecule has 7 nitrogen and oxygen atoms in total. The van der Waals surface area contributed by atoms with E-state index in [4.69, 9.17) is 15.2 Å². The summed E-state index contributed by atoms with van der Waals surface area (Å²) in [7, 11) is 0. The highest BCUT2D eigenvalue weighted by molar-refractivity contribution is 6.23. The molecule has 7 heteroatoms. The van der Waals surface area contributed by atoms with Crippen molar-refractivity contribution >= 4 is 23.3 Å². The van der Waals surface area contributed by atoms with Crippen LogP contribution in [0.3, 0.4) is 0 Å². The van der Waals surface area contributed by atoms with Crippen molar-refractivity contribution in [2.24, 2.45) is 5.73 Å². The Hall–Kier alpha value is -3.09. The van der Waals surface area contributed by atoms with Crippen LogP contribution in [0.2, 0.25) is 0 Å². The van der Waals surface area contributed by atoms with Gasteiger partial charge in [0.1, 0.15) is 16.7 Å². The number of fused-ring (bicyclic) bond motifs is 3. The van der Waals surface area contributed by atoms with Gasteiger partial charge >= 0.3 is 5.97 Å². The van der Waals surface area contributed by atoms with Crippen LogP contribution in [0.1, 0.15) is 38.7 Å². The molecule has 0 unspecified atom stereocenters. The summed E-state index contributed by atoms with van der Waals surface area (Å²) >= 11 is 0. The van der Waals surface area contributed by atoms with Crippen LogP contribution in [0.5, 0.6) is 0 Å². The van der Waals surface area contributed by atoms with E-state index in [0.29, 0.717) is 42.8 Å². The van der Waals surface area contributed by atoms with E-state index < -0.39 is 11.4 Å². The van der Waals surface area contributed by atoms with Crippen LogP contribution in [0.25, 0.3) is 0 Å². The summed E-state index contributed by atoms with van der Waals surface area (Å²) in [5.74, 6) is -1.10. The van der Waals surface area contributed by atoms with E-state index in [9.17, 15) is 14.4 Å². The van der Waals surface area contributed by atoms with Crippen LogP contribution in [-0.4, -0.2) is 30.8 Å². The van der Waals surface area contributed by atoms with Crippen molar-refractivity contribution in [3.05, 3.63) is 52.6 Å². The smallest absolute Gasteiger partial charge is 0.341 e. The topological polar surface area (TPSA) is 98.9 Å². The number of esters is 1. The maximum Gasteiger partial charge on any atom is 0.341 e. The highest BCUT2D eigenvalue weighted by Gasteiger charge is 2.63. The van der Waals surface area contributed by atoms with Crippen molar-refractivity contribution in [3.8, 4) is 0 Å². The zero-order valence-electron chi connectivity index (χ0n) is 15.9. The van der Waals surface area contributed by atoms with Gasteiger partial charge in [0.25, 0.3) is 0 Å². The first-order valence-electron chi connectivity index (χ1n) is 9.51. The Bertz CT molecular complexity index is 961. The van der Waals surface area contributed by atoms with Crippen molar-refractivity contribution in [1.82, 2.24) is 0 Å². The van der Waals surface area contributed by atoms with E-state index in [1.807, 2.05) is 19.1 Å². The minimum Gasteiger partial charge on any atom is -0.462 e. The van der Waals surface area contributed by atoms with Gasteiger partial charge in [0, 0.05) is 30.6 Å². The van der Waals surface area contributed by atoms with Gasteiger partial charge in [0.05, 0.1) is 12.2 Å². The lowest BCUT2D eigenvalue weighted by Crippen LogP contribution is -2.51. The van der Waals surface area contributed by atoms with Gasteiger partial charge in [-0.2, -0.15) is 0 Å². The number of carbonyl (C=O) groups is 3. The number of hydrogen-bond acceptors (Lipinski definition) is 6. The number of allylic oxidation sites excluding steroid dienone is 1. The third-order valence-electron chi connectivity index (χ3n) is 5.56. The molecule has 2 aliphatic heterocycles. The fourth-order valence-electron chi connectivity index (χ4n) is 4.54. The van der Waals surface area contributed by atoms with Crippen LogP contribution < -0.4 is 10.6 Å². The number of carbonyl (C=O) groups excluding carboxylic acids is 3. The molecule has 1 aromatic carbocycles. The summed E-state index contributed by atoms with van der Waals surface area (Å²) < 4.78 is 10.9. The molecule has 0 saturated heterocycles. The van der Waals surface area contributed by atoms with Crippen molar-refractivity contribution in [1.29, 1.82) is 0 Å². The number of likely N-dealkylation sites (N-methyl/N-ethyl adjacent to an activating group) is 1. The third kappa shape index (κ3) is 2.19. The second-order valence-electron chi connectivity index (χ2n) is 6.95. The number of ketones is 1. The summed E-state index contributed by atoms with van der Waals surface area (Å²) in [6.45, 7) is 4.02. The molecule has 28 heavy (non-hydrogen) atoms. The Kier molecular flexibility index (Phi) is 4.25. The SMILES string of the molecule is CCOC(=O)C1=C(N)OC2=C(C(=O)CCC2)[C@]12C(=O)N(CC)c1ccccc12. The minimum atomic E-state index is -1.62. The molecule has 2 N–H and O–H groups in total. The number of ether oxygens (including phenoxy) is 2. The van der Waals surface area contributed by atoms with Crippen LogP contribution in [-0.2, 0) is 29.3 Å². The van der Waals surface area contributed by atoms with Crippen LogP contribution in [0.15, 0.2) is 47.1 Å². The summed E-state index contributed by atoms with van der Waals surface area (Å²) in [4.78, 5) is 41.4. The lowest BCUT2D eigenvalue weighted by molar-refractivity contribution is -0.141. The van der Waals surface area contributed by atoms with Gasteiger partial charge in [0.2, 0.25) is 11.8 Å². The molecule has 0 aromatic heterocycles. The van der Waals surface area contributed by atoms with Gasteiger partial charge in [-0.15, -0.1) is 0 Å². The number of benzene rings is 1. The molecule has 0 bridgehead atoms. The standard InChI is InChI=1S/C21H22N2O5/c1-3-23-13-9-6-5-8-12(13)21(20(23)26)16-14(24)10-7-11-15(16)28-18(22)17(21)19(25)27-4-2/h5-6,8-9H,3-4,7,10-11,22H2,1-2H3/t21-/m0/s1. The fourth-order valence-corrected chi connectivity index (χ4v) is 4.54. The van der Waals surface area contributed by atoms with Crippen molar-refractivity contribution in [2.45, 2.75) is 38.5 Å². The first-order chi connectivity index (χ1) is 13.5. The van der Waals surface area contributed by atoms with Crippen LogP contribution in [0, 0.1) is 0 Å². The lowest BCUT2D eigenvalue weighted by Gasteiger charge is -2.38. The monoisotopic (exact) mass is 382 g/mol. The van der Waals surface area contributed by atoms with Gasteiger partial charge in [-0.05, 0) is 26.3 Å². The summed E-state index contributed by atoms with van der Waals surface area (Å²) in [5.41, 5.74) is 5.90. The molecule has 1 amide bonds. The minimum absolute atomic E-state index is 0.100. The Morgan fingerprint density at radius 2 is 2.00 bits per heavy atom. The number of Topliss-reactive ketones (excluding diaryl/α,β-unsaturated/α-hetero) is 1. The third-order valence-corrected chi connectivity index (χ3v) is 5.56. The maximum absolute atomic E-state index is 13.8. The molecule has 2 heterocycles. The van der Waals surface area contributed by atoms with E-state index >= 15 is 0 Å². The molecule has 0 saturated carbocycles. The molecular weight excluding hydrogens is 360 g/mol. The normalized spacial score (nSPS) is 23.7. The second-order valence-corrected chi connectivity index (χ2v) is 6.95. The average Bonchev–Trinajstić information content (AvgIpc) is 2.90. The first kappa shape index (κ1) is 18.3. The molecule has 1 atom stereocenters. The number of nitrogens with two attached hydrogens (primary N) is 1. The number of nitrogens with zero attached hydrogens (tertiary/aromatic N) is 1. The molecule has 0 fully saturated rings. The van der Waals surface area contributed by atoms with Crippen molar-refractivity contribution < 1.29 is 23.9 Å². The molecule has 146 valence electrons. The number of para-hydroxylation sites is 1. The molecule has 4 rings (SSSR count). The number of hydrogen-bond donors (Lipinski definition) is 1. The largest absolute Gasteiger partial charge is 0.462 e. The second kappa shape index (κ2) is 6.51. The van der Waals surface area contributed by atoms with E-state index in [1.165, 1.54) is 0 Å². The summed E-state index contributed by atoms with van der Waals surface area (Å²) in [5, 5.41) is 0. The molecule has 0 radical (unpaired) electrons. The van der Waals surface area contributed by atoms with E-state index in [-0.39, 0.29) is 35.3 Å². The molecular formula is C21H22N2O5. The Balaban J connectivity index is 2.10. The molecule has 1 aromatic rings. The zero-order valence-corrected chi connectivity index (χ0v) is 15.9. The number of rotatable bonds is 3. The fraction of sp³-hybridized carbons (Fsp3) is 0.381. The Labute approximate surface area is 162 Å². The Morgan fingerprint density at radius 3 is 2.71 bits per heavy atom. The van der Waals surface area contributed by atoms with Gasteiger partial charge in [-0.1, -0.05) is 18.2 Å². The van der Waals surface area contributed by atoms with Gasteiger partial charge < -0.3 is 20.1 Å². The highest BCUT2D eigenvalue weighted by atomic mass is 16.5. The summed E-state index contributed by atoms with van der Waals surface area (Å²) in [6, 6.07) is 7.19. The van der Waals surface area contributed by atoms with E-state index in [2.05, 4.69) is 0 Å². The molecule has 1 spiro atoms. The molecule has 1 aliphatic carbocycles. The van der Waals surface area contributed by atoms with E-state index in [0.717, 1.165) is 0 Å². The van der Waals surface area contributed by atoms with Gasteiger partial charge in [-0.3, -0.25) is 9.59 Å². The van der Waals surface area contributed by atoms with Gasteiger partial charge in [-0.25, -0.2) is 4.79 Å². The predicted molar refractivity (Wildman–Crippen MR) is 101 cm³/mol. The Morgan fingerprint density at radius 1 is 1.25 bits per heavy atom. The van der Waals surface area contributed by atoms with Crippen molar-refractivity contribution in [3.63, 3.8) is 0 Å². The van der Waals surface area contributed by atoms with Crippen LogP contribution in [0.4, 0.5) is 5.69 Å². The number of anilines is 1. The maximum atomic E-state index is 13.8. The first-order valence-corrected chi connectivity index (χ1v) is 9.51. The lowest BCUT2D eigenvalue weighted by atomic mass is 9.64. The van der Waals surface area contributed by atoms with Crippen molar-refractivity contribution in [2.75, 3.05) is 18.1 Å². The quantitative estimate of drug-likeness (QED) is 0.804. The highest BCUT2D eigenvalue weighted by Crippen LogP contribution is 2.55. The zero-order chi connectivity index (χ0) is 20.1. The predicted octanol–water partition coefficient (Wildman–Crippen LogP) is 2.06. The number of amides is 1. The summed E-state index contributed by atoms with van der Waals surface area (Å²) in [6.07, 6.45) is 1.39. The average molecular weight is 382 g/mol. The van der Waals surface area contributed by atoms with Crippen LogP contribution >= 0.6 is 0 Å². The molecule has 3 aliphatic rings. The van der Waals surface area contributed by atoms with E-state index in [1.54, 1.807) is 24.0 Å². The van der Waals surface area contributed by atoms with Gasteiger partial charge in [0.15, 0.2) is 5.78 Å².